The first-order valence-electron chi connectivity index (χ1n) is 6.73. The quantitative estimate of drug-likeness (QED) is 0.790. The zero-order valence-corrected chi connectivity index (χ0v) is 13.5. The molecule has 0 saturated carbocycles. The van der Waals surface area contributed by atoms with E-state index in [4.69, 9.17) is 23.2 Å². The van der Waals surface area contributed by atoms with Crippen molar-refractivity contribution in [3.63, 3.8) is 0 Å². The molecule has 1 saturated heterocycles. The van der Waals surface area contributed by atoms with Gasteiger partial charge in [-0.15, -0.1) is 0 Å². The van der Waals surface area contributed by atoms with Gasteiger partial charge in [-0.1, -0.05) is 23.2 Å². The van der Waals surface area contributed by atoms with Crippen LogP contribution < -0.4 is 4.90 Å². The highest BCUT2D eigenvalue weighted by molar-refractivity contribution is 6.42. The second-order valence-electron chi connectivity index (χ2n) is 5.26. The highest BCUT2D eigenvalue weighted by Crippen LogP contribution is 2.33. The van der Waals surface area contributed by atoms with Crippen LogP contribution in [-0.4, -0.2) is 21.6 Å². The molecule has 5 nitrogen and oxygen atoms in total. The van der Waals surface area contributed by atoms with Crippen LogP contribution in [0.4, 0.5) is 5.69 Å². The number of hydrogen-bond donors (Lipinski definition) is 0. The fourth-order valence-corrected chi connectivity index (χ4v) is 2.96. The molecule has 22 heavy (non-hydrogen) atoms. The summed E-state index contributed by atoms with van der Waals surface area (Å²) in [7, 11) is 0. The maximum absolute atomic E-state index is 12.6. The number of nitrogens with zero attached hydrogens (tertiary/aromatic N) is 3. The Morgan fingerprint density at radius 3 is 2.45 bits per heavy atom. The Hall–Kier alpha value is -1.85. The SMILES string of the molecule is Cc1cc(C)n([C@H]2CC(=O)N(c3ccc(Cl)c(Cl)c3)C2=O)n1. The molecule has 1 fully saturated rings. The van der Waals surface area contributed by atoms with Crippen LogP contribution in [0.15, 0.2) is 24.3 Å². The summed E-state index contributed by atoms with van der Waals surface area (Å²) in [4.78, 5) is 26.1. The summed E-state index contributed by atoms with van der Waals surface area (Å²) in [5, 5.41) is 4.98. The maximum Gasteiger partial charge on any atom is 0.259 e. The Morgan fingerprint density at radius 2 is 1.86 bits per heavy atom. The third-order valence-electron chi connectivity index (χ3n) is 3.62. The van der Waals surface area contributed by atoms with Crippen LogP contribution in [0, 0.1) is 13.8 Å². The first-order chi connectivity index (χ1) is 10.4. The highest BCUT2D eigenvalue weighted by atomic mass is 35.5. The van der Waals surface area contributed by atoms with Crippen LogP contribution >= 0.6 is 23.2 Å². The zero-order valence-electron chi connectivity index (χ0n) is 12.0. The van der Waals surface area contributed by atoms with Gasteiger partial charge in [-0.3, -0.25) is 14.3 Å². The standard InChI is InChI=1S/C15H13Cl2N3O2/c1-8-5-9(2)20(18-8)13-7-14(21)19(15(13)22)10-3-4-11(16)12(17)6-10/h3-6,13H,7H2,1-2H3/t13-/m0/s1. The highest BCUT2D eigenvalue weighted by Gasteiger charge is 2.41. The second-order valence-corrected chi connectivity index (χ2v) is 6.07. The Labute approximate surface area is 137 Å². The maximum atomic E-state index is 12.6. The molecule has 1 aliphatic heterocycles. The molecule has 0 radical (unpaired) electrons. The average Bonchev–Trinajstić information content (AvgIpc) is 2.92. The number of aryl methyl sites for hydroxylation is 2. The van der Waals surface area contributed by atoms with E-state index in [1.54, 1.807) is 16.8 Å². The van der Waals surface area contributed by atoms with E-state index in [-0.39, 0.29) is 18.2 Å². The fourth-order valence-electron chi connectivity index (χ4n) is 2.66. The molecule has 0 bridgehead atoms. The third kappa shape index (κ3) is 2.40. The van der Waals surface area contributed by atoms with Crippen molar-refractivity contribution in [2.24, 2.45) is 0 Å². The number of carbonyl (C=O) groups is 2. The van der Waals surface area contributed by atoms with Crippen LogP contribution in [0.1, 0.15) is 23.9 Å². The second kappa shape index (κ2) is 5.41. The van der Waals surface area contributed by atoms with Gasteiger partial charge in [0.05, 0.1) is 27.8 Å². The predicted octanol–water partition coefficient (Wildman–Crippen LogP) is 3.31. The summed E-state index contributed by atoms with van der Waals surface area (Å²) in [6, 6.07) is 5.95. The molecule has 2 heterocycles. The van der Waals surface area contributed by atoms with Crippen molar-refractivity contribution < 1.29 is 9.59 Å². The summed E-state index contributed by atoms with van der Waals surface area (Å²) in [5.74, 6) is -0.587. The third-order valence-corrected chi connectivity index (χ3v) is 4.36. The minimum absolute atomic E-state index is 0.0844. The number of carbonyl (C=O) groups excluding carboxylic acids is 2. The topological polar surface area (TPSA) is 55.2 Å². The van der Waals surface area contributed by atoms with Gasteiger partial charge in [-0.2, -0.15) is 5.10 Å². The van der Waals surface area contributed by atoms with Gasteiger partial charge >= 0.3 is 0 Å². The lowest BCUT2D eigenvalue weighted by molar-refractivity contribution is -0.122. The van der Waals surface area contributed by atoms with Crippen molar-refractivity contribution in [1.29, 1.82) is 0 Å². The van der Waals surface area contributed by atoms with Crippen LogP contribution in [0.25, 0.3) is 0 Å². The van der Waals surface area contributed by atoms with Crippen LogP contribution in [0.5, 0.6) is 0 Å². The number of hydrogen-bond acceptors (Lipinski definition) is 3. The van der Waals surface area contributed by atoms with Gasteiger partial charge in [0.25, 0.3) is 5.91 Å². The summed E-state index contributed by atoms with van der Waals surface area (Å²) in [6.07, 6.45) is 0.0844. The van der Waals surface area contributed by atoms with E-state index < -0.39 is 6.04 Å². The fraction of sp³-hybridized carbons (Fsp3) is 0.267. The first kappa shape index (κ1) is 15.1. The summed E-state index contributed by atoms with van der Waals surface area (Å²) >= 11 is 11.8. The number of halogens is 2. The Morgan fingerprint density at radius 1 is 1.14 bits per heavy atom. The molecule has 114 valence electrons. The lowest BCUT2D eigenvalue weighted by atomic mass is 10.2. The monoisotopic (exact) mass is 337 g/mol. The summed E-state index contributed by atoms with van der Waals surface area (Å²) in [5.41, 5.74) is 2.08. The molecule has 7 heteroatoms. The normalized spacial score (nSPS) is 18.4. The zero-order chi connectivity index (χ0) is 16.0. The molecular weight excluding hydrogens is 325 g/mol. The van der Waals surface area contributed by atoms with E-state index in [0.717, 1.165) is 16.3 Å². The largest absolute Gasteiger partial charge is 0.274 e. The first-order valence-corrected chi connectivity index (χ1v) is 7.48. The minimum atomic E-state index is -0.615. The van der Waals surface area contributed by atoms with Gasteiger partial charge in [0.1, 0.15) is 6.04 Å². The van der Waals surface area contributed by atoms with Crippen molar-refractivity contribution >= 4 is 40.7 Å². The predicted molar refractivity (Wildman–Crippen MR) is 84.3 cm³/mol. The number of anilines is 1. The van der Waals surface area contributed by atoms with Crippen LogP contribution in [0.2, 0.25) is 10.0 Å². The number of rotatable bonds is 2. The van der Waals surface area contributed by atoms with E-state index in [2.05, 4.69) is 5.10 Å². The molecule has 0 N–H and O–H groups in total. The van der Waals surface area contributed by atoms with Gasteiger partial charge in [0.2, 0.25) is 5.91 Å². The summed E-state index contributed by atoms with van der Waals surface area (Å²) in [6.45, 7) is 3.71. The minimum Gasteiger partial charge on any atom is -0.274 e. The van der Waals surface area contributed by atoms with E-state index in [9.17, 15) is 9.59 Å². The molecular formula is C15H13Cl2N3O2. The Bertz CT molecular complexity index is 785. The smallest absolute Gasteiger partial charge is 0.259 e. The van der Waals surface area contributed by atoms with Gasteiger partial charge in [-0.05, 0) is 38.1 Å². The van der Waals surface area contributed by atoms with E-state index >= 15 is 0 Å². The molecule has 1 aromatic carbocycles. The van der Waals surface area contributed by atoms with Crippen molar-refractivity contribution in [2.75, 3.05) is 4.90 Å². The van der Waals surface area contributed by atoms with Crippen LogP contribution in [-0.2, 0) is 9.59 Å². The van der Waals surface area contributed by atoms with Gasteiger partial charge in [0, 0.05) is 5.69 Å². The molecule has 0 aliphatic carbocycles. The molecule has 2 aromatic rings. The number of imide groups is 1. The molecule has 0 unspecified atom stereocenters. The van der Waals surface area contributed by atoms with Crippen molar-refractivity contribution in [3.8, 4) is 0 Å². The molecule has 1 atom stereocenters. The van der Waals surface area contributed by atoms with Crippen molar-refractivity contribution in [1.82, 2.24) is 9.78 Å². The summed E-state index contributed by atoms with van der Waals surface area (Å²) < 4.78 is 1.60. The molecule has 3 rings (SSSR count). The van der Waals surface area contributed by atoms with Gasteiger partial charge < -0.3 is 0 Å². The average molecular weight is 338 g/mol. The van der Waals surface area contributed by atoms with E-state index in [1.165, 1.54) is 6.07 Å². The number of aromatic nitrogens is 2. The lowest BCUT2D eigenvalue weighted by Crippen LogP contribution is -2.31. The molecule has 0 spiro atoms. The van der Waals surface area contributed by atoms with E-state index in [0.29, 0.717) is 15.7 Å². The van der Waals surface area contributed by atoms with Crippen molar-refractivity contribution in [3.05, 3.63) is 45.7 Å². The van der Waals surface area contributed by atoms with Gasteiger partial charge in [0.15, 0.2) is 0 Å². The molecule has 1 aromatic heterocycles. The van der Waals surface area contributed by atoms with Crippen molar-refractivity contribution in [2.45, 2.75) is 26.3 Å². The van der Waals surface area contributed by atoms with E-state index in [1.807, 2.05) is 19.9 Å². The van der Waals surface area contributed by atoms with Gasteiger partial charge in [-0.25, -0.2) is 4.90 Å². The number of amides is 2. The Kier molecular flexibility index (Phi) is 3.70. The number of benzene rings is 1. The Balaban J connectivity index is 1.98. The van der Waals surface area contributed by atoms with Crippen LogP contribution in [0.3, 0.4) is 0 Å². The lowest BCUT2D eigenvalue weighted by Gasteiger charge is -2.16. The molecule has 2 amide bonds. The molecule has 1 aliphatic rings.